The third-order valence-corrected chi connectivity index (χ3v) is 23.0. The summed E-state index contributed by atoms with van der Waals surface area (Å²) < 4.78 is 69.0. The summed E-state index contributed by atoms with van der Waals surface area (Å²) in [4.78, 5) is 73.3. The Kier molecular flexibility index (Phi) is 77.9. The first kappa shape index (κ1) is 105. The lowest BCUT2D eigenvalue weighted by Gasteiger charge is -2.21. The fourth-order valence-corrected chi connectivity index (χ4v) is 15.3. The number of hydrogen-bond donors (Lipinski definition) is 3. The zero-order valence-electron chi connectivity index (χ0n) is 70.5. The molecule has 636 valence electrons. The largest absolute Gasteiger partial charge is 0.472 e. The van der Waals surface area contributed by atoms with Gasteiger partial charge in [0.1, 0.15) is 19.3 Å². The van der Waals surface area contributed by atoms with E-state index in [1.807, 2.05) is 0 Å². The molecule has 0 aromatic carbocycles. The van der Waals surface area contributed by atoms with Gasteiger partial charge < -0.3 is 33.8 Å². The van der Waals surface area contributed by atoms with Gasteiger partial charge in [-0.25, -0.2) is 9.13 Å². The molecule has 0 rings (SSSR count). The van der Waals surface area contributed by atoms with Crippen molar-refractivity contribution in [2.24, 2.45) is 11.8 Å². The minimum atomic E-state index is -4.97. The van der Waals surface area contributed by atoms with Gasteiger partial charge >= 0.3 is 39.5 Å². The van der Waals surface area contributed by atoms with E-state index in [9.17, 15) is 43.2 Å². The Morgan fingerprint density at radius 3 is 0.710 bits per heavy atom. The highest BCUT2D eigenvalue weighted by atomic mass is 31.2. The molecule has 0 heterocycles. The van der Waals surface area contributed by atoms with Crippen LogP contribution in [0, 0.1) is 11.8 Å². The number of carbonyl (C=O) groups excluding carboxylic acids is 4. The second kappa shape index (κ2) is 79.3. The summed E-state index contributed by atoms with van der Waals surface area (Å²) in [5.74, 6) is -0.546. The Labute approximate surface area is 658 Å². The van der Waals surface area contributed by atoms with E-state index in [1.54, 1.807) is 0 Å². The topological polar surface area (TPSA) is 237 Å². The molecule has 3 unspecified atom stereocenters. The highest BCUT2D eigenvalue weighted by Crippen LogP contribution is 2.45. The lowest BCUT2D eigenvalue weighted by atomic mass is 9.99. The lowest BCUT2D eigenvalue weighted by Crippen LogP contribution is -2.30. The smallest absolute Gasteiger partial charge is 0.462 e. The maximum absolute atomic E-state index is 13.2. The number of phosphoric acid groups is 2. The van der Waals surface area contributed by atoms with Crippen molar-refractivity contribution in [2.45, 2.75) is 490 Å². The number of ether oxygens (including phenoxy) is 4. The van der Waals surface area contributed by atoms with Gasteiger partial charge in [-0.05, 0) is 37.5 Å². The summed E-state index contributed by atoms with van der Waals surface area (Å²) >= 11 is 0. The molecule has 0 aliphatic rings. The molecule has 0 aliphatic heterocycles. The highest BCUT2D eigenvalue weighted by molar-refractivity contribution is 7.47. The van der Waals surface area contributed by atoms with E-state index in [1.165, 1.54) is 289 Å². The molecule has 0 amide bonds. The third-order valence-electron chi connectivity index (χ3n) is 21.1. The highest BCUT2D eigenvalue weighted by Gasteiger charge is 2.31. The van der Waals surface area contributed by atoms with Crippen molar-refractivity contribution in [1.82, 2.24) is 0 Å². The van der Waals surface area contributed by atoms with Gasteiger partial charge in [0, 0.05) is 25.7 Å². The van der Waals surface area contributed by atoms with Gasteiger partial charge in [-0.1, -0.05) is 420 Å². The van der Waals surface area contributed by atoms with Crippen LogP contribution in [0.3, 0.4) is 0 Å². The van der Waals surface area contributed by atoms with Gasteiger partial charge in [-0.3, -0.25) is 37.3 Å². The van der Waals surface area contributed by atoms with Crippen LogP contribution in [0.25, 0.3) is 0 Å². The molecule has 0 aromatic rings. The van der Waals surface area contributed by atoms with E-state index in [-0.39, 0.29) is 25.7 Å². The maximum Gasteiger partial charge on any atom is 0.472 e. The molecule has 19 heteroatoms. The number of rotatable bonds is 87. The Bertz CT molecular complexity index is 2050. The van der Waals surface area contributed by atoms with Crippen LogP contribution in [0.15, 0.2) is 0 Å². The summed E-state index contributed by atoms with van der Waals surface area (Å²) in [6.45, 7) is 9.69. The summed E-state index contributed by atoms with van der Waals surface area (Å²) in [6, 6.07) is 0. The van der Waals surface area contributed by atoms with E-state index in [4.69, 9.17) is 37.0 Å². The fourth-order valence-electron chi connectivity index (χ4n) is 13.7. The van der Waals surface area contributed by atoms with Gasteiger partial charge in [-0.2, -0.15) is 0 Å². The van der Waals surface area contributed by atoms with Crippen molar-refractivity contribution >= 4 is 39.5 Å². The summed E-state index contributed by atoms with van der Waals surface area (Å²) in [5.41, 5.74) is 0. The Morgan fingerprint density at radius 2 is 0.477 bits per heavy atom. The average Bonchev–Trinajstić information content (AvgIpc) is 0.904. The number of hydrogen-bond acceptors (Lipinski definition) is 15. The first-order valence-electron chi connectivity index (χ1n) is 45.5. The molecule has 0 aromatic heterocycles. The standard InChI is InChI=1S/C88H172O17P2/c1-7-10-12-14-16-18-20-22-24-26-28-30-32-34-36-41-45-52-58-64-70-85(90)98-76-83(104-87(92)72-66-60-54-46-42-37-35-33-31-29-27-25-23-21-19-17-15-13-11-8-2)78-102-106(94,95)100-74-82(89)75-101-107(96,97)103-79-84(77-99-86(91)71-65-59-53-49-48-51-57-63-69-81(6)9-3)105-88(93)73-67-61-55-47-43-39-38-40-44-50-56-62-68-80(4)5/h80-84,89H,7-79H2,1-6H3,(H,94,95)(H,96,97)/t81?,82-,83-,84-/m1/s1. The molecule has 3 N–H and O–H groups in total. The molecular formula is C88H172O17P2. The average molecular weight is 1560 g/mol. The zero-order chi connectivity index (χ0) is 78.5. The summed E-state index contributed by atoms with van der Waals surface area (Å²) in [7, 11) is -9.93. The molecule has 107 heavy (non-hydrogen) atoms. The van der Waals surface area contributed by atoms with Gasteiger partial charge in [0.25, 0.3) is 0 Å². The Morgan fingerprint density at radius 1 is 0.271 bits per heavy atom. The van der Waals surface area contributed by atoms with Crippen LogP contribution in [-0.4, -0.2) is 96.7 Å². The molecule has 0 saturated heterocycles. The quantitative estimate of drug-likeness (QED) is 0.0222. The van der Waals surface area contributed by atoms with Crippen molar-refractivity contribution in [3.63, 3.8) is 0 Å². The van der Waals surface area contributed by atoms with E-state index in [0.29, 0.717) is 25.7 Å². The number of unbranched alkanes of at least 4 members (excludes halogenated alkanes) is 56. The van der Waals surface area contributed by atoms with Crippen LogP contribution in [-0.2, 0) is 65.4 Å². The number of aliphatic hydroxyl groups is 1. The van der Waals surface area contributed by atoms with Gasteiger partial charge in [-0.15, -0.1) is 0 Å². The monoisotopic (exact) mass is 1560 g/mol. The van der Waals surface area contributed by atoms with Crippen molar-refractivity contribution in [3.05, 3.63) is 0 Å². The van der Waals surface area contributed by atoms with Crippen LogP contribution in [0.5, 0.6) is 0 Å². The molecule has 6 atom stereocenters. The molecule has 17 nitrogen and oxygen atoms in total. The molecule has 0 radical (unpaired) electrons. The van der Waals surface area contributed by atoms with Crippen LogP contribution >= 0.6 is 15.6 Å². The molecule has 0 spiro atoms. The predicted molar refractivity (Wildman–Crippen MR) is 442 cm³/mol. The van der Waals surface area contributed by atoms with Crippen molar-refractivity contribution in [3.8, 4) is 0 Å². The van der Waals surface area contributed by atoms with Gasteiger partial charge in [0.2, 0.25) is 0 Å². The normalized spacial score (nSPS) is 14.0. The van der Waals surface area contributed by atoms with Gasteiger partial charge in [0.15, 0.2) is 12.2 Å². The molecule has 0 fully saturated rings. The third kappa shape index (κ3) is 80.5. The molecule has 0 saturated carbocycles. The second-order valence-electron chi connectivity index (χ2n) is 32.4. The minimum Gasteiger partial charge on any atom is -0.462 e. The number of phosphoric ester groups is 2. The second-order valence-corrected chi connectivity index (χ2v) is 35.3. The maximum atomic E-state index is 13.2. The lowest BCUT2D eigenvalue weighted by molar-refractivity contribution is -0.161. The van der Waals surface area contributed by atoms with E-state index in [2.05, 4.69) is 41.5 Å². The number of esters is 4. The first-order chi connectivity index (χ1) is 51.9. The summed E-state index contributed by atoms with van der Waals surface area (Å²) in [5, 5.41) is 10.7. The van der Waals surface area contributed by atoms with Crippen molar-refractivity contribution in [1.29, 1.82) is 0 Å². The first-order valence-corrected chi connectivity index (χ1v) is 48.5. The summed E-state index contributed by atoms with van der Waals surface area (Å²) in [6.07, 6.45) is 72.2. The number of aliphatic hydroxyl groups excluding tert-OH is 1. The van der Waals surface area contributed by atoms with Crippen LogP contribution in [0.4, 0.5) is 0 Å². The van der Waals surface area contributed by atoms with E-state index >= 15 is 0 Å². The SMILES string of the molecule is CCCCCCCCCCCCCCCCCCCCCCC(=O)OC[C@H](COP(=O)(O)OC[C@@H](O)COP(=O)(O)OC[C@@H](COC(=O)CCCCCCCCCCC(C)CC)OC(=O)CCCCCCCCCCCCCCC(C)C)OC(=O)CCCCCCCCCCCCCCCCCCCCCC. The molecule has 0 aliphatic carbocycles. The van der Waals surface area contributed by atoms with Crippen LogP contribution in [0.2, 0.25) is 0 Å². The van der Waals surface area contributed by atoms with Gasteiger partial charge in [0.05, 0.1) is 26.4 Å². The van der Waals surface area contributed by atoms with Crippen molar-refractivity contribution in [2.75, 3.05) is 39.6 Å². The number of carbonyl (C=O) groups is 4. The minimum absolute atomic E-state index is 0.107. The Balaban J connectivity index is 5.25. The zero-order valence-corrected chi connectivity index (χ0v) is 72.2. The Hall–Kier alpha value is -1.94. The molecule has 0 bridgehead atoms. The van der Waals surface area contributed by atoms with Crippen LogP contribution < -0.4 is 0 Å². The fraction of sp³-hybridized carbons (Fsp3) is 0.955. The predicted octanol–water partition coefficient (Wildman–Crippen LogP) is 27.0. The van der Waals surface area contributed by atoms with Crippen molar-refractivity contribution < 1.29 is 80.2 Å². The van der Waals surface area contributed by atoms with E-state index in [0.717, 1.165) is 102 Å². The molecular weight excluding hydrogens is 1390 g/mol. The van der Waals surface area contributed by atoms with Crippen LogP contribution in [0.1, 0.15) is 472 Å². The van der Waals surface area contributed by atoms with E-state index < -0.39 is 97.5 Å².